The highest BCUT2D eigenvalue weighted by molar-refractivity contribution is 6.02. The second-order valence-electron chi connectivity index (χ2n) is 6.04. The summed E-state index contributed by atoms with van der Waals surface area (Å²) in [7, 11) is 1.51. The molecule has 1 aromatic heterocycles. The molecule has 1 fully saturated rings. The van der Waals surface area contributed by atoms with E-state index in [-0.39, 0.29) is 11.5 Å². The van der Waals surface area contributed by atoms with Gasteiger partial charge in [0.05, 0.1) is 23.6 Å². The van der Waals surface area contributed by atoms with E-state index in [1.807, 2.05) is 12.1 Å². The molecule has 1 saturated carbocycles. The van der Waals surface area contributed by atoms with Gasteiger partial charge in [0.15, 0.2) is 0 Å². The van der Waals surface area contributed by atoms with Crippen molar-refractivity contribution in [1.82, 2.24) is 9.66 Å². The second kappa shape index (κ2) is 6.05. The number of fused-ring (bicyclic) bond motifs is 1. The minimum Gasteiger partial charge on any atom is -0.496 e. The van der Waals surface area contributed by atoms with Gasteiger partial charge in [-0.1, -0.05) is 24.3 Å². The maximum atomic E-state index is 12.9. The molecule has 0 bridgehead atoms. The molecule has 1 amide bonds. The van der Waals surface area contributed by atoms with Gasteiger partial charge in [0.2, 0.25) is 0 Å². The Balaban J connectivity index is 1.81. The average Bonchev–Trinajstić information content (AvgIpc) is 3.49. The van der Waals surface area contributed by atoms with E-state index in [2.05, 4.69) is 10.4 Å². The van der Waals surface area contributed by atoms with Gasteiger partial charge < -0.3 is 4.74 Å². The van der Waals surface area contributed by atoms with Gasteiger partial charge in [-0.05, 0) is 37.1 Å². The number of amides is 1. The molecule has 1 heterocycles. The number of aromatic nitrogens is 2. The number of benzene rings is 2. The largest absolute Gasteiger partial charge is 0.496 e. The zero-order valence-corrected chi connectivity index (χ0v) is 13.7. The molecule has 2 aromatic carbocycles. The average molecular weight is 335 g/mol. The van der Waals surface area contributed by atoms with Crippen LogP contribution in [0.5, 0.6) is 5.75 Å². The second-order valence-corrected chi connectivity index (χ2v) is 6.04. The summed E-state index contributed by atoms with van der Waals surface area (Å²) < 4.78 is 6.52. The van der Waals surface area contributed by atoms with E-state index in [9.17, 15) is 9.59 Å². The van der Waals surface area contributed by atoms with Crippen molar-refractivity contribution >= 4 is 16.8 Å². The molecule has 1 aliphatic carbocycles. The molecule has 3 aromatic rings. The van der Waals surface area contributed by atoms with Crippen molar-refractivity contribution in [2.75, 3.05) is 12.5 Å². The van der Waals surface area contributed by atoms with Crippen molar-refractivity contribution in [3.63, 3.8) is 0 Å². The van der Waals surface area contributed by atoms with Gasteiger partial charge in [-0.2, -0.15) is 0 Å². The highest BCUT2D eigenvalue weighted by atomic mass is 16.5. The number of hydrogen-bond donors (Lipinski definition) is 1. The van der Waals surface area contributed by atoms with Crippen molar-refractivity contribution < 1.29 is 9.53 Å². The smallest absolute Gasteiger partial charge is 0.280 e. The molecular weight excluding hydrogens is 318 g/mol. The van der Waals surface area contributed by atoms with Gasteiger partial charge in [-0.3, -0.25) is 15.0 Å². The Morgan fingerprint density at radius 1 is 1.16 bits per heavy atom. The Morgan fingerprint density at radius 3 is 2.64 bits per heavy atom. The molecule has 25 heavy (non-hydrogen) atoms. The Morgan fingerprint density at radius 2 is 1.88 bits per heavy atom. The van der Waals surface area contributed by atoms with Crippen molar-refractivity contribution in [2.24, 2.45) is 0 Å². The van der Waals surface area contributed by atoms with Crippen LogP contribution in [0.1, 0.15) is 34.9 Å². The first-order valence-corrected chi connectivity index (χ1v) is 8.15. The third kappa shape index (κ3) is 2.76. The van der Waals surface area contributed by atoms with Gasteiger partial charge >= 0.3 is 0 Å². The van der Waals surface area contributed by atoms with E-state index in [4.69, 9.17) is 4.74 Å². The van der Waals surface area contributed by atoms with Crippen LogP contribution in [-0.4, -0.2) is 22.7 Å². The third-order valence-corrected chi connectivity index (χ3v) is 4.31. The number of para-hydroxylation sites is 2. The van der Waals surface area contributed by atoms with Crippen LogP contribution < -0.4 is 15.7 Å². The van der Waals surface area contributed by atoms with Crippen LogP contribution >= 0.6 is 0 Å². The maximum absolute atomic E-state index is 12.9. The number of rotatable bonds is 4. The summed E-state index contributed by atoms with van der Waals surface area (Å²) in [5.41, 5.74) is 3.46. The lowest BCUT2D eigenvalue weighted by Gasteiger charge is -2.15. The summed E-state index contributed by atoms with van der Waals surface area (Å²) in [4.78, 5) is 30.2. The standard InChI is InChI=1S/C19H17N3O3/c1-25-16-9-5-3-7-14(16)18(23)21-22-17(12-10-11-12)20-15-8-4-2-6-13(15)19(22)24/h2-9,12H,10-11H2,1H3,(H,21,23). The zero-order valence-electron chi connectivity index (χ0n) is 13.7. The van der Waals surface area contributed by atoms with E-state index in [1.165, 1.54) is 11.8 Å². The van der Waals surface area contributed by atoms with Crippen LogP contribution in [0.4, 0.5) is 0 Å². The number of nitrogens with zero attached hydrogens (tertiary/aromatic N) is 2. The fraction of sp³-hybridized carbons (Fsp3) is 0.211. The molecule has 0 radical (unpaired) electrons. The molecule has 126 valence electrons. The van der Waals surface area contributed by atoms with Crippen molar-refractivity contribution in [3.05, 3.63) is 70.3 Å². The van der Waals surface area contributed by atoms with Gasteiger partial charge in [-0.25, -0.2) is 9.66 Å². The first-order valence-electron chi connectivity index (χ1n) is 8.15. The number of carbonyl (C=O) groups excluding carboxylic acids is 1. The topological polar surface area (TPSA) is 73.2 Å². The summed E-state index contributed by atoms with van der Waals surface area (Å²) in [5, 5.41) is 0.479. The summed E-state index contributed by atoms with van der Waals surface area (Å²) in [6.45, 7) is 0. The molecule has 4 rings (SSSR count). The van der Waals surface area contributed by atoms with Crippen LogP contribution in [0.25, 0.3) is 10.9 Å². The van der Waals surface area contributed by atoms with E-state index in [1.54, 1.807) is 36.4 Å². The molecule has 0 aliphatic heterocycles. The molecule has 1 N–H and O–H groups in total. The quantitative estimate of drug-likeness (QED) is 0.795. The minimum atomic E-state index is -0.404. The first-order chi connectivity index (χ1) is 12.2. The van der Waals surface area contributed by atoms with E-state index >= 15 is 0 Å². The fourth-order valence-electron chi connectivity index (χ4n) is 2.87. The third-order valence-electron chi connectivity index (χ3n) is 4.31. The Kier molecular flexibility index (Phi) is 3.72. The highest BCUT2D eigenvalue weighted by Crippen LogP contribution is 2.38. The molecule has 0 atom stereocenters. The van der Waals surface area contributed by atoms with Gasteiger partial charge in [0, 0.05) is 5.92 Å². The predicted molar refractivity (Wildman–Crippen MR) is 94.7 cm³/mol. The summed E-state index contributed by atoms with van der Waals surface area (Å²) >= 11 is 0. The molecule has 0 unspecified atom stereocenters. The lowest BCUT2D eigenvalue weighted by atomic mass is 10.2. The Hall–Kier alpha value is -3.15. The van der Waals surface area contributed by atoms with Crippen LogP contribution in [0.2, 0.25) is 0 Å². The van der Waals surface area contributed by atoms with Crippen molar-refractivity contribution in [3.8, 4) is 5.75 Å². The lowest BCUT2D eigenvalue weighted by Crippen LogP contribution is -2.36. The molecule has 6 nitrogen and oxygen atoms in total. The molecule has 1 aliphatic rings. The number of nitrogens with one attached hydrogen (secondary N) is 1. The van der Waals surface area contributed by atoms with Crippen LogP contribution in [0.3, 0.4) is 0 Å². The summed E-state index contributed by atoms with van der Waals surface area (Å²) in [6.07, 6.45) is 1.94. The monoisotopic (exact) mass is 335 g/mol. The van der Waals surface area contributed by atoms with Crippen LogP contribution in [0.15, 0.2) is 53.3 Å². The van der Waals surface area contributed by atoms with E-state index in [0.29, 0.717) is 28.0 Å². The first kappa shape index (κ1) is 15.4. The number of carbonyl (C=O) groups is 1. The molecule has 0 saturated heterocycles. The van der Waals surface area contributed by atoms with Gasteiger partial charge in [0.25, 0.3) is 11.5 Å². The number of hydrogen-bond acceptors (Lipinski definition) is 4. The number of methoxy groups -OCH3 is 1. The fourth-order valence-corrected chi connectivity index (χ4v) is 2.87. The SMILES string of the molecule is COc1ccccc1C(=O)Nn1c(C2CC2)nc2ccccc2c1=O. The van der Waals surface area contributed by atoms with Crippen LogP contribution in [0, 0.1) is 0 Å². The van der Waals surface area contributed by atoms with E-state index < -0.39 is 5.91 Å². The maximum Gasteiger partial charge on any atom is 0.280 e. The van der Waals surface area contributed by atoms with Crippen molar-refractivity contribution in [1.29, 1.82) is 0 Å². The van der Waals surface area contributed by atoms with E-state index in [0.717, 1.165) is 12.8 Å². The Bertz CT molecular complexity index is 1020. The number of ether oxygens (including phenoxy) is 1. The minimum absolute atomic E-state index is 0.204. The van der Waals surface area contributed by atoms with Crippen molar-refractivity contribution in [2.45, 2.75) is 18.8 Å². The van der Waals surface area contributed by atoms with Crippen LogP contribution in [-0.2, 0) is 0 Å². The summed E-state index contributed by atoms with van der Waals surface area (Å²) in [5.74, 6) is 0.857. The zero-order chi connectivity index (χ0) is 17.4. The molecular formula is C19H17N3O3. The Labute approximate surface area is 144 Å². The normalized spacial score (nSPS) is 13.6. The molecule has 6 heteroatoms. The lowest BCUT2D eigenvalue weighted by molar-refractivity contribution is 0.100. The molecule has 0 spiro atoms. The summed E-state index contributed by atoms with van der Waals surface area (Å²) in [6, 6.07) is 14.1. The van der Waals surface area contributed by atoms with Gasteiger partial charge in [-0.15, -0.1) is 0 Å². The highest BCUT2D eigenvalue weighted by Gasteiger charge is 2.30. The van der Waals surface area contributed by atoms with Gasteiger partial charge in [0.1, 0.15) is 11.6 Å². The predicted octanol–water partition coefficient (Wildman–Crippen LogP) is 2.67.